The second-order valence-electron chi connectivity index (χ2n) is 5.08. The van der Waals surface area contributed by atoms with Crippen molar-refractivity contribution < 1.29 is 19.1 Å². The van der Waals surface area contributed by atoms with Crippen LogP contribution in [0, 0.1) is 5.92 Å². The third-order valence-corrected chi connectivity index (χ3v) is 3.47. The number of nitrogens with one attached hydrogen (secondary N) is 1. The summed E-state index contributed by atoms with van der Waals surface area (Å²) in [6.45, 7) is 5.85. The number of hydrogen-bond donors (Lipinski definition) is 1. The minimum atomic E-state index is -0.439. The summed E-state index contributed by atoms with van der Waals surface area (Å²) >= 11 is 0. The number of ether oxygens (including phenoxy) is 2. The van der Waals surface area contributed by atoms with E-state index in [9.17, 15) is 9.59 Å². The maximum atomic E-state index is 12.1. The van der Waals surface area contributed by atoms with E-state index in [0.717, 1.165) is 0 Å². The Morgan fingerprint density at radius 3 is 2.57 bits per heavy atom. The van der Waals surface area contributed by atoms with Gasteiger partial charge < -0.3 is 19.7 Å². The minimum Gasteiger partial charge on any atom is -0.351 e. The molecule has 1 aliphatic heterocycles. The molecular formula is C15H22N4O4. The molecule has 126 valence electrons. The molecule has 0 aromatic carbocycles. The van der Waals surface area contributed by atoms with Crippen LogP contribution in [-0.2, 0) is 14.3 Å². The fraction of sp³-hybridized carbons (Fsp3) is 0.600. The summed E-state index contributed by atoms with van der Waals surface area (Å²) in [4.78, 5) is 33.6. The average molecular weight is 322 g/mol. The van der Waals surface area contributed by atoms with Crippen molar-refractivity contribution in [1.82, 2.24) is 20.2 Å². The first kappa shape index (κ1) is 17.3. The number of nitrogens with zero attached hydrogens (tertiary/aromatic N) is 3. The molecule has 23 heavy (non-hydrogen) atoms. The van der Waals surface area contributed by atoms with Gasteiger partial charge in [0, 0.05) is 38.7 Å². The summed E-state index contributed by atoms with van der Waals surface area (Å²) in [6, 6.07) is 0. The van der Waals surface area contributed by atoms with Gasteiger partial charge in [0.1, 0.15) is 5.69 Å². The van der Waals surface area contributed by atoms with Gasteiger partial charge >= 0.3 is 0 Å². The molecule has 8 nitrogen and oxygen atoms in total. The maximum absolute atomic E-state index is 12.1. The quantitative estimate of drug-likeness (QED) is 0.681. The zero-order chi connectivity index (χ0) is 16.7. The van der Waals surface area contributed by atoms with Crippen LogP contribution >= 0.6 is 0 Å². The van der Waals surface area contributed by atoms with Crippen molar-refractivity contribution in [2.75, 3.05) is 32.8 Å². The molecule has 0 atom stereocenters. The number of likely N-dealkylation sites (tertiary alicyclic amines) is 1. The molecule has 1 N–H and O–H groups in total. The van der Waals surface area contributed by atoms with Gasteiger partial charge in [0.05, 0.1) is 18.7 Å². The van der Waals surface area contributed by atoms with Gasteiger partial charge in [-0.1, -0.05) is 0 Å². The van der Waals surface area contributed by atoms with Gasteiger partial charge in [0.2, 0.25) is 5.91 Å². The van der Waals surface area contributed by atoms with Gasteiger partial charge in [0.15, 0.2) is 6.29 Å². The first-order valence-corrected chi connectivity index (χ1v) is 7.71. The Labute approximate surface area is 135 Å². The average Bonchev–Trinajstić information content (AvgIpc) is 2.52. The van der Waals surface area contributed by atoms with E-state index in [2.05, 4.69) is 15.3 Å². The van der Waals surface area contributed by atoms with Crippen LogP contribution in [0.3, 0.4) is 0 Å². The van der Waals surface area contributed by atoms with Crippen LogP contribution in [0.1, 0.15) is 24.3 Å². The molecule has 1 aromatic rings. The summed E-state index contributed by atoms with van der Waals surface area (Å²) in [6.07, 6.45) is 3.96. The number of hydrogen-bond acceptors (Lipinski definition) is 6. The van der Waals surface area contributed by atoms with Crippen LogP contribution in [0.4, 0.5) is 0 Å². The summed E-state index contributed by atoms with van der Waals surface area (Å²) in [5, 5.41) is 2.80. The van der Waals surface area contributed by atoms with E-state index in [4.69, 9.17) is 9.47 Å². The van der Waals surface area contributed by atoms with E-state index in [1.165, 1.54) is 18.6 Å². The van der Waals surface area contributed by atoms with Gasteiger partial charge in [-0.25, -0.2) is 4.98 Å². The molecule has 1 aromatic heterocycles. The van der Waals surface area contributed by atoms with E-state index in [-0.39, 0.29) is 17.7 Å². The maximum Gasteiger partial charge on any atom is 0.274 e. The molecule has 1 saturated heterocycles. The molecular weight excluding hydrogens is 300 g/mol. The molecule has 1 aliphatic rings. The SMILES string of the molecule is CCOC(CNC(=O)C1CN(C(=O)c2cnccn2)C1)OCC. The molecule has 0 spiro atoms. The number of carbonyl (C=O) groups is 2. The third kappa shape index (κ3) is 4.70. The van der Waals surface area contributed by atoms with Crippen molar-refractivity contribution in [3.05, 3.63) is 24.3 Å². The first-order chi connectivity index (χ1) is 11.2. The Kier molecular flexibility index (Phi) is 6.42. The van der Waals surface area contributed by atoms with Gasteiger partial charge in [-0.05, 0) is 13.8 Å². The van der Waals surface area contributed by atoms with Gasteiger partial charge in [-0.15, -0.1) is 0 Å². The second kappa shape index (κ2) is 8.54. The lowest BCUT2D eigenvalue weighted by atomic mass is 9.98. The van der Waals surface area contributed by atoms with Crippen molar-refractivity contribution in [3.63, 3.8) is 0 Å². The first-order valence-electron chi connectivity index (χ1n) is 7.71. The highest BCUT2D eigenvalue weighted by atomic mass is 16.7. The normalized spacial score (nSPS) is 14.7. The van der Waals surface area contributed by atoms with Crippen molar-refractivity contribution in [3.8, 4) is 0 Å². The Morgan fingerprint density at radius 1 is 1.30 bits per heavy atom. The topological polar surface area (TPSA) is 93.7 Å². The van der Waals surface area contributed by atoms with Crippen LogP contribution in [-0.4, -0.2) is 65.8 Å². The molecule has 0 bridgehead atoms. The fourth-order valence-electron chi connectivity index (χ4n) is 2.25. The van der Waals surface area contributed by atoms with Crippen LogP contribution in [0.2, 0.25) is 0 Å². The Balaban J connectivity index is 1.74. The highest BCUT2D eigenvalue weighted by molar-refractivity contribution is 5.94. The van der Waals surface area contributed by atoms with Crippen LogP contribution in [0.25, 0.3) is 0 Å². The van der Waals surface area contributed by atoms with Gasteiger partial charge in [-0.2, -0.15) is 0 Å². The largest absolute Gasteiger partial charge is 0.351 e. The number of rotatable bonds is 8. The minimum absolute atomic E-state index is 0.0994. The third-order valence-electron chi connectivity index (χ3n) is 3.47. The number of amides is 2. The predicted molar refractivity (Wildman–Crippen MR) is 81.5 cm³/mol. The highest BCUT2D eigenvalue weighted by Gasteiger charge is 2.36. The van der Waals surface area contributed by atoms with Crippen molar-refractivity contribution in [1.29, 1.82) is 0 Å². The van der Waals surface area contributed by atoms with Gasteiger partial charge in [-0.3, -0.25) is 14.6 Å². The predicted octanol–water partition coefficient (Wildman–Crippen LogP) is 0.0639. The Bertz CT molecular complexity index is 513. The lowest BCUT2D eigenvalue weighted by Gasteiger charge is -2.38. The Hall–Kier alpha value is -2.06. The molecule has 0 saturated carbocycles. The van der Waals surface area contributed by atoms with Crippen LogP contribution in [0.15, 0.2) is 18.6 Å². The van der Waals surface area contributed by atoms with E-state index in [1.807, 2.05) is 13.8 Å². The summed E-state index contributed by atoms with van der Waals surface area (Å²) < 4.78 is 10.7. The van der Waals surface area contributed by atoms with Crippen molar-refractivity contribution in [2.24, 2.45) is 5.92 Å². The molecule has 2 rings (SSSR count). The van der Waals surface area contributed by atoms with E-state index >= 15 is 0 Å². The Morgan fingerprint density at radius 2 is 2.00 bits per heavy atom. The van der Waals surface area contributed by atoms with Gasteiger partial charge in [0.25, 0.3) is 5.91 Å². The van der Waals surface area contributed by atoms with Crippen molar-refractivity contribution >= 4 is 11.8 Å². The summed E-state index contributed by atoms with van der Waals surface area (Å²) in [5.41, 5.74) is 0.291. The zero-order valence-electron chi connectivity index (χ0n) is 13.4. The molecule has 8 heteroatoms. The summed E-state index contributed by atoms with van der Waals surface area (Å²) in [7, 11) is 0. The lowest BCUT2D eigenvalue weighted by Crippen LogP contribution is -2.56. The molecule has 0 radical (unpaired) electrons. The second-order valence-corrected chi connectivity index (χ2v) is 5.08. The standard InChI is InChI=1S/C15H22N4O4/c1-3-22-13(23-4-2)8-18-14(20)11-9-19(10-11)15(21)12-7-16-5-6-17-12/h5-7,11,13H,3-4,8-10H2,1-2H3,(H,18,20). The summed E-state index contributed by atoms with van der Waals surface area (Å²) in [5.74, 6) is -0.513. The van der Waals surface area contributed by atoms with E-state index < -0.39 is 6.29 Å². The molecule has 2 amide bonds. The molecule has 0 unspecified atom stereocenters. The molecule has 2 heterocycles. The zero-order valence-corrected chi connectivity index (χ0v) is 13.4. The van der Waals surface area contributed by atoms with Crippen LogP contribution in [0.5, 0.6) is 0 Å². The smallest absolute Gasteiger partial charge is 0.274 e. The van der Waals surface area contributed by atoms with Crippen LogP contribution < -0.4 is 5.32 Å². The fourth-order valence-corrected chi connectivity index (χ4v) is 2.25. The molecule has 0 aliphatic carbocycles. The monoisotopic (exact) mass is 322 g/mol. The van der Waals surface area contributed by atoms with E-state index in [1.54, 1.807) is 4.90 Å². The van der Waals surface area contributed by atoms with E-state index in [0.29, 0.717) is 38.5 Å². The lowest BCUT2D eigenvalue weighted by molar-refractivity contribution is -0.144. The van der Waals surface area contributed by atoms with Crippen molar-refractivity contribution in [2.45, 2.75) is 20.1 Å². The molecule has 1 fully saturated rings. The number of carbonyl (C=O) groups excluding carboxylic acids is 2. The highest BCUT2D eigenvalue weighted by Crippen LogP contribution is 2.17. The number of aromatic nitrogens is 2.